The lowest BCUT2D eigenvalue weighted by Gasteiger charge is -2.26. The molecule has 1 aromatic heterocycles. The van der Waals surface area contributed by atoms with Gasteiger partial charge >= 0.3 is 5.97 Å². The minimum Gasteiger partial charge on any atom is -0.497 e. The maximum Gasteiger partial charge on any atom is 0.341 e. The summed E-state index contributed by atoms with van der Waals surface area (Å²) in [6, 6.07) is 40.9. The van der Waals surface area contributed by atoms with Crippen LogP contribution in [0.3, 0.4) is 0 Å². The predicted molar refractivity (Wildman–Crippen MR) is 193 cm³/mol. The first-order valence-electron chi connectivity index (χ1n) is 15.4. The molecule has 0 aliphatic heterocycles. The van der Waals surface area contributed by atoms with Crippen molar-refractivity contribution in [2.45, 2.75) is 6.92 Å². The minimum absolute atomic E-state index is 0.213. The molecule has 0 aliphatic rings. The van der Waals surface area contributed by atoms with Gasteiger partial charge in [0.05, 0.1) is 51.4 Å². The van der Waals surface area contributed by atoms with Crippen molar-refractivity contribution in [1.82, 2.24) is 4.98 Å². The molecule has 6 rings (SSSR count). The Labute approximate surface area is 276 Å². The van der Waals surface area contributed by atoms with E-state index in [2.05, 4.69) is 73.4 Å². The molecule has 6 nitrogen and oxygen atoms in total. The Morgan fingerprint density at radius 2 is 1.28 bits per heavy atom. The van der Waals surface area contributed by atoms with Crippen LogP contribution in [0.4, 0.5) is 0 Å². The van der Waals surface area contributed by atoms with Crippen molar-refractivity contribution in [1.29, 1.82) is 0 Å². The van der Waals surface area contributed by atoms with E-state index in [1.807, 2.05) is 61.5 Å². The van der Waals surface area contributed by atoms with Crippen LogP contribution in [0.1, 0.15) is 17.3 Å². The van der Waals surface area contributed by atoms with Crippen molar-refractivity contribution >= 4 is 40.0 Å². The fourth-order valence-electron chi connectivity index (χ4n) is 6.19. The van der Waals surface area contributed by atoms with Gasteiger partial charge in [-0.2, -0.15) is 0 Å². The number of pyridine rings is 1. The molecule has 0 saturated carbocycles. The van der Waals surface area contributed by atoms with E-state index in [0.717, 1.165) is 21.8 Å². The maximum atomic E-state index is 14.2. The monoisotopic (exact) mass is 642 g/mol. The number of aromatic nitrogens is 1. The fourth-order valence-corrected chi connectivity index (χ4v) is 9.63. The molecule has 0 atom stereocenters. The molecular formula is C40H37NO5P+. The second-order valence-corrected chi connectivity index (χ2v) is 14.6. The summed E-state index contributed by atoms with van der Waals surface area (Å²) in [7, 11) is 2.60. The Morgan fingerprint density at radius 3 is 1.85 bits per heavy atom. The molecule has 0 fully saturated rings. The average molecular weight is 643 g/mol. The van der Waals surface area contributed by atoms with Gasteiger partial charge < -0.3 is 18.9 Å². The molecule has 5 aromatic carbocycles. The van der Waals surface area contributed by atoms with Crippen LogP contribution in [-0.2, 0) is 4.74 Å². The summed E-state index contributed by atoms with van der Waals surface area (Å²) in [6.07, 6.45) is 0. The van der Waals surface area contributed by atoms with Crippen molar-refractivity contribution in [3.05, 3.63) is 127 Å². The van der Waals surface area contributed by atoms with E-state index < -0.39 is 13.2 Å². The Hall–Kier alpha value is -5.19. The van der Waals surface area contributed by atoms with Gasteiger partial charge in [0, 0.05) is 22.6 Å². The predicted octanol–water partition coefficient (Wildman–Crippen LogP) is 7.70. The van der Waals surface area contributed by atoms with E-state index in [-0.39, 0.29) is 6.61 Å². The average Bonchev–Trinajstić information content (AvgIpc) is 3.14. The summed E-state index contributed by atoms with van der Waals surface area (Å²) in [6.45, 7) is 4.36. The van der Waals surface area contributed by atoms with Gasteiger partial charge in [0.1, 0.15) is 28.9 Å². The number of nitrogens with zero attached hydrogens (tertiary/aromatic N) is 1. The van der Waals surface area contributed by atoms with Gasteiger partial charge in [-0.15, -0.1) is 0 Å². The number of ether oxygens (including phenoxy) is 4. The van der Waals surface area contributed by atoms with Gasteiger partial charge in [-0.05, 0) is 67.1 Å². The minimum atomic E-state index is -2.23. The quantitative estimate of drug-likeness (QED) is 0.113. The van der Waals surface area contributed by atoms with Gasteiger partial charge in [0.15, 0.2) is 11.5 Å². The Bertz CT molecular complexity index is 1990. The number of methoxy groups -OCH3 is 3. The molecule has 7 heteroatoms. The highest BCUT2D eigenvalue weighted by Crippen LogP contribution is 2.54. The van der Waals surface area contributed by atoms with Crippen LogP contribution in [-0.4, -0.2) is 45.6 Å². The molecule has 0 aliphatic carbocycles. The van der Waals surface area contributed by atoms with Crippen LogP contribution in [0.25, 0.3) is 33.3 Å². The highest BCUT2D eigenvalue weighted by Gasteiger charge is 2.43. The number of benzene rings is 5. The van der Waals surface area contributed by atoms with E-state index >= 15 is 0 Å². The molecule has 236 valence electrons. The smallest absolute Gasteiger partial charge is 0.341 e. The topological polar surface area (TPSA) is 66.9 Å². The summed E-state index contributed by atoms with van der Waals surface area (Å²) in [4.78, 5) is 19.5. The second kappa shape index (κ2) is 13.7. The van der Waals surface area contributed by atoms with Crippen molar-refractivity contribution in [2.75, 3.05) is 34.6 Å². The zero-order chi connectivity index (χ0) is 33.0. The molecule has 0 spiro atoms. The van der Waals surface area contributed by atoms with Crippen LogP contribution in [0.15, 0.2) is 121 Å². The van der Waals surface area contributed by atoms with Crippen LogP contribution in [0.5, 0.6) is 17.2 Å². The number of esters is 1. The fraction of sp³-hybridized carbons (Fsp3) is 0.150. The summed E-state index contributed by atoms with van der Waals surface area (Å²) >= 11 is 0. The largest absolute Gasteiger partial charge is 0.497 e. The maximum absolute atomic E-state index is 14.2. The molecule has 0 saturated heterocycles. The van der Waals surface area contributed by atoms with E-state index in [4.69, 9.17) is 23.9 Å². The van der Waals surface area contributed by atoms with Crippen LogP contribution >= 0.6 is 7.26 Å². The van der Waals surface area contributed by atoms with Gasteiger partial charge in [-0.1, -0.05) is 60.7 Å². The summed E-state index contributed by atoms with van der Waals surface area (Å²) in [5.41, 5.74) is 3.97. The number of hydrogen-bond acceptors (Lipinski definition) is 6. The zero-order valence-corrected chi connectivity index (χ0v) is 28.1. The van der Waals surface area contributed by atoms with Crippen molar-refractivity contribution in [2.24, 2.45) is 0 Å². The molecule has 0 bridgehead atoms. The standard InChI is InChI=1S/C40H37NO5P/c1-6-46-40(42)38-37(27-21-23-28(43-2)24-22-27)32-25-34(44-3)35(45-4)26-33(32)41-39(38)31-19-13-14-20-36(31)47(5,29-15-9-7-10-16-29)30-17-11-8-12-18-30/h7-26H,6H2,1-5H3/q+1. The first-order valence-corrected chi connectivity index (χ1v) is 17.7. The number of rotatable bonds is 10. The Balaban J connectivity index is 1.77. The number of carbonyl (C=O) groups excluding carboxylic acids is 1. The lowest BCUT2D eigenvalue weighted by Crippen LogP contribution is -2.31. The van der Waals surface area contributed by atoms with Gasteiger partial charge in [-0.25, -0.2) is 9.78 Å². The molecule has 0 amide bonds. The lowest BCUT2D eigenvalue weighted by molar-refractivity contribution is 0.0528. The zero-order valence-electron chi connectivity index (χ0n) is 27.2. The molecule has 0 unspecified atom stereocenters. The first kappa shape index (κ1) is 31.8. The summed E-state index contributed by atoms with van der Waals surface area (Å²) in [5.74, 6) is 1.33. The molecule has 47 heavy (non-hydrogen) atoms. The van der Waals surface area contributed by atoms with E-state index in [1.165, 1.54) is 10.6 Å². The third kappa shape index (κ3) is 5.82. The van der Waals surface area contributed by atoms with Crippen LogP contribution in [0, 0.1) is 0 Å². The Kier molecular flexibility index (Phi) is 9.24. The molecular weight excluding hydrogens is 605 g/mol. The number of fused-ring (bicyclic) bond motifs is 1. The van der Waals surface area contributed by atoms with E-state index in [1.54, 1.807) is 21.3 Å². The van der Waals surface area contributed by atoms with Gasteiger partial charge in [0.25, 0.3) is 0 Å². The van der Waals surface area contributed by atoms with E-state index in [9.17, 15) is 4.79 Å². The van der Waals surface area contributed by atoms with Gasteiger partial charge in [-0.3, -0.25) is 0 Å². The van der Waals surface area contributed by atoms with Crippen molar-refractivity contribution in [3.8, 4) is 39.6 Å². The molecule has 0 N–H and O–H groups in total. The lowest BCUT2D eigenvalue weighted by atomic mass is 9.91. The Morgan fingerprint density at radius 1 is 0.702 bits per heavy atom. The highest BCUT2D eigenvalue weighted by atomic mass is 31.2. The third-order valence-electron chi connectivity index (χ3n) is 8.53. The molecule has 6 aromatic rings. The van der Waals surface area contributed by atoms with Gasteiger partial charge in [0.2, 0.25) is 0 Å². The van der Waals surface area contributed by atoms with E-state index in [0.29, 0.717) is 39.6 Å². The summed E-state index contributed by atoms with van der Waals surface area (Å²) < 4.78 is 22.7. The number of hydrogen-bond donors (Lipinski definition) is 0. The highest BCUT2D eigenvalue weighted by molar-refractivity contribution is 7.95. The first-order chi connectivity index (χ1) is 22.9. The number of carbonyl (C=O) groups is 1. The normalized spacial score (nSPS) is 11.3. The SMILES string of the molecule is CCOC(=O)c1c(-c2ccccc2[P+](C)(c2ccccc2)c2ccccc2)nc2cc(OC)c(OC)cc2c1-c1ccc(OC)cc1. The molecule has 1 heterocycles. The van der Waals surface area contributed by atoms with Crippen molar-refractivity contribution in [3.63, 3.8) is 0 Å². The van der Waals surface area contributed by atoms with Crippen LogP contribution in [0.2, 0.25) is 0 Å². The third-order valence-corrected chi connectivity index (χ3v) is 12.6. The second-order valence-electron chi connectivity index (χ2n) is 11.1. The van der Waals surface area contributed by atoms with Crippen LogP contribution < -0.4 is 30.1 Å². The van der Waals surface area contributed by atoms with Crippen molar-refractivity contribution < 1.29 is 23.7 Å². The summed E-state index contributed by atoms with van der Waals surface area (Å²) in [5, 5.41) is 4.29. The molecule has 0 radical (unpaired) electrons.